The summed E-state index contributed by atoms with van der Waals surface area (Å²) in [7, 11) is 0. The highest BCUT2D eigenvalue weighted by Crippen LogP contribution is 2.38. The minimum Gasteiger partial charge on any atom is -0.507 e. The number of anilines is 1. The maximum Gasteiger partial charge on any atom is 0.373 e. The minimum absolute atomic E-state index is 0.202. The Balaban J connectivity index is 0.00000151. The molecule has 0 fully saturated rings. The van der Waals surface area contributed by atoms with Crippen molar-refractivity contribution in [2.75, 3.05) is 18.0 Å². The summed E-state index contributed by atoms with van der Waals surface area (Å²) in [6.07, 6.45) is 2.94. The Hall–Kier alpha value is -6.31. The maximum atomic E-state index is 10.7. The number of fused-ring (bicyclic) bond motifs is 2. The fourth-order valence-corrected chi connectivity index (χ4v) is 5.49. The number of nitrogens with zero attached hydrogens (tertiary/aromatic N) is 6. The average molecular weight is 649 g/mol. The van der Waals surface area contributed by atoms with Crippen LogP contribution in [0.25, 0.3) is 21.5 Å². The van der Waals surface area contributed by atoms with Gasteiger partial charge in [-0.05, 0) is 74.4 Å². The zero-order valence-electron chi connectivity index (χ0n) is 27.6. The molecule has 0 spiro atoms. The van der Waals surface area contributed by atoms with E-state index in [0.717, 1.165) is 75.2 Å². The molecule has 0 aromatic heterocycles. The molecule has 6 rings (SSSR count). The number of aromatic hydroxyl groups is 1. The third-order valence-electron chi connectivity index (χ3n) is 8.12. The molecule has 0 aliphatic heterocycles. The molecule has 0 aliphatic carbocycles. The number of aliphatic imine (C=N–C) groups is 1. The van der Waals surface area contributed by atoms with Gasteiger partial charge >= 0.3 is 6.15 Å². The zero-order chi connectivity index (χ0) is 34.6. The molecule has 0 unspecified atom stereocenters. The van der Waals surface area contributed by atoms with Gasteiger partial charge < -0.3 is 10.0 Å². The highest BCUT2D eigenvalue weighted by Gasteiger charge is 2.09. The normalized spacial score (nSPS) is 11.3. The number of hydrogen-bond donors (Lipinski definition) is 1. The van der Waals surface area contributed by atoms with Crippen LogP contribution in [0, 0.1) is 0 Å². The average Bonchev–Trinajstić information content (AvgIpc) is 3.14. The van der Waals surface area contributed by atoms with Crippen LogP contribution in [0.5, 0.6) is 5.75 Å². The van der Waals surface area contributed by atoms with E-state index in [1.165, 1.54) is 5.56 Å². The molecule has 0 aliphatic rings. The first kappa shape index (κ1) is 34.0. The second-order valence-electron chi connectivity index (χ2n) is 11.0. The number of hydrogen-bond acceptors (Lipinski definition) is 9. The van der Waals surface area contributed by atoms with Crippen molar-refractivity contribution in [2.24, 2.45) is 25.4 Å². The fourth-order valence-electron chi connectivity index (χ4n) is 5.49. The van der Waals surface area contributed by atoms with Crippen molar-refractivity contribution in [1.29, 1.82) is 0 Å². The number of aryl methyl sites for hydroxylation is 1. The third-order valence-corrected chi connectivity index (χ3v) is 8.12. The van der Waals surface area contributed by atoms with E-state index in [2.05, 4.69) is 58.3 Å². The van der Waals surface area contributed by atoms with Crippen LogP contribution in [0.1, 0.15) is 31.9 Å². The Morgan fingerprint density at radius 1 is 0.612 bits per heavy atom. The number of benzene rings is 6. The number of carbonyl (C=O) groups excluding carboxylic acids is 2. The first-order chi connectivity index (χ1) is 24.0. The molecule has 0 radical (unpaired) electrons. The van der Waals surface area contributed by atoms with Gasteiger partial charge in [0.15, 0.2) is 0 Å². The third kappa shape index (κ3) is 8.16. The summed E-state index contributed by atoms with van der Waals surface area (Å²) in [6.45, 7) is 8.09. The summed E-state index contributed by atoms with van der Waals surface area (Å²) in [5.41, 5.74) is 6.78. The number of azo groups is 2. The molecular formula is C40H36N6O3. The molecule has 9 heteroatoms. The van der Waals surface area contributed by atoms with Crippen LogP contribution in [-0.2, 0) is 16.0 Å². The predicted octanol–water partition coefficient (Wildman–Crippen LogP) is 11.1. The van der Waals surface area contributed by atoms with E-state index < -0.39 is 0 Å². The van der Waals surface area contributed by atoms with Gasteiger partial charge in [0, 0.05) is 58.2 Å². The van der Waals surface area contributed by atoms with Gasteiger partial charge in [0.25, 0.3) is 0 Å². The van der Waals surface area contributed by atoms with Crippen molar-refractivity contribution in [2.45, 2.75) is 27.2 Å². The topological polar surface area (TPSA) is 119 Å². The van der Waals surface area contributed by atoms with Crippen molar-refractivity contribution >= 4 is 68.0 Å². The van der Waals surface area contributed by atoms with Crippen molar-refractivity contribution < 1.29 is 14.7 Å². The zero-order valence-corrected chi connectivity index (χ0v) is 27.6. The largest absolute Gasteiger partial charge is 0.507 e. The minimum atomic E-state index is 0.202. The summed E-state index contributed by atoms with van der Waals surface area (Å²) in [5.74, 6) is 0.202. The standard InChI is InChI=1S/C39H36N6O.CO2/c1-4-27-15-18-29(19-16-27)41-42-36-23-24-38(34-14-10-9-13-33(34)36)44-43-37-22-21-35(31-11-7-8-12-32(31)37)40-26-28-17-20-30(25-39(28)46)45(5-2)6-3;2-1-3/h7-26,46H,4-6H2,1-3H3;. The van der Waals surface area contributed by atoms with Crippen LogP contribution in [0.4, 0.5) is 34.1 Å². The van der Waals surface area contributed by atoms with Gasteiger partial charge in [0.05, 0.1) is 28.4 Å². The highest BCUT2D eigenvalue weighted by molar-refractivity contribution is 6.02. The van der Waals surface area contributed by atoms with E-state index in [-0.39, 0.29) is 11.9 Å². The summed E-state index contributed by atoms with van der Waals surface area (Å²) < 4.78 is 0. The molecule has 6 aromatic carbocycles. The predicted molar refractivity (Wildman–Crippen MR) is 196 cm³/mol. The first-order valence-electron chi connectivity index (χ1n) is 16.1. The van der Waals surface area contributed by atoms with Crippen LogP contribution >= 0.6 is 0 Å². The van der Waals surface area contributed by atoms with Crippen molar-refractivity contribution in [1.82, 2.24) is 0 Å². The number of phenolic OH excluding ortho intramolecular Hbond substituents is 1. The smallest absolute Gasteiger partial charge is 0.373 e. The van der Waals surface area contributed by atoms with Crippen LogP contribution in [-0.4, -0.2) is 30.6 Å². The SMILES string of the molecule is CCc1ccc(N=Nc2ccc(N=Nc3ccc(N=Cc4ccc(N(CC)CC)cc4O)c4ccccc34)c3ccccc23)cc1.O=C=O. The lowest BCUT2D eigenvalue weighted by atomic mass is 10.1. The molecule has 0 saturated heterocycles. The summed E-state index contributed by atoms with van der Waals surface area (Å²) >= 11 is 0. The first-order valence-corrected chi connectivity index (χ1v) is 16.1. The molecular weight excluding hydrogens is 612 g/mol. The highest BCUT2D eigenvalue weighted by atomic mass is 16.3. The Kier molecular flexibility index (Phi) is 11.5. The van der Waals surface area contributed by atoms with Gasteiger partial charge in [-0.25, -0.2) is 0 Å². The lowest BCUT2D eigenvalue weighted by molar-refractivity contribution is -0.191. The quantitative estimate of drug-likeness (QED) is 0.117. The molecule has 1 N–H and O–H groups in total. The van der Waals surface area contributed by atoms with E-state index >= 15 is 0 Å². The lowest BCUT2D eigenvalue weighted by Crippen LogP contribution is -2.21. The van der Waals surface area contributed by atoms with E-state index in [1.54, 1.807) is 12.3 Å². The Bertz CT molecular complexity index is 2180. The molecule has 49 heavy (non-hydrogen) atoms. The monoisotopic (exact) mass is 648 g/mol. The lowest BCUT2D eigenvalue weighted by Gasteiger charge is -2.21. The Morgan fingerprint density at radius 2 is 1.08 bits per heavy atom. The molecule has 0 heterocycles. The summed E-state index contributed by atoms with van der Waals surface area (Å²) in [5, 5.41) is 32.9. The van der Waals surface area contributed by atoms with E-state index in [1.807, 2.05) is 97.1 Å². The van der Waals surface area contributed by atoms with Gasteiger partial charge in [-0.15, -0.1) is 15.3 Å². The van der Waals surface area contributed by atoms with Crippen LogP contribution < -0.4 is 4.90 Å². The number of phenols is 1. The fraction of sp³-hybridized carbons (Fsp3) is 0.150. The molecule has 0 saturated carbocycles. The van der Waals surface area contributed by atoms with Gasteiger partial charge in [-0.1, -0.05) is 67.6 Å². The van der Waals surface area contributed by atoms with Gasteiger partial charge in [0.1, 0.15) is 5.75 Å². The van der Waals surface area contributed by atoms with Gasteiger partial charge in [-0.3, -0.25) is 4.99 Å². The molecule has 6 aromatic rings. The van der Waals surface area contributed by atoms with Crippen molar-refractivity contribution in [3.63, 3.8) is 0 Å². The molecule has 0 bridgehead atoms. The molecule has 0 amide bonds. The van der Waals surface area contributed by atoms with Gasteiger partial charge in [-0.2, -0.15) is 14.7 Å². The van der Waals surface area contributed by atoms with Crippen molar-refractivity contribution in [3.05, 3.63) is 126 Å². The van der Waals surface area contributed by atoms with Crippen LogP contribution in [0.15, 0.2) is 141 Å². The summed E-state index contributed by atoms with van der Waals surface area (Å²) in [4.78, 5) is 23.2. The second kappa shape index (κ2) is 16.5. The molecule has 9 nitrogen and oxygen atoms in total. The van der Waals surface area contributed by atoms with Crippen LogP contribution in [0.2, 0.25) is 0 Å². The van der Waals surface area contributed by atoms with E-state index in [4.69, 9.17) is 14.6 Å². The molecule has 244 valence electrons. The van der Waals surface area contributed by atoms with Crippen molar-refractivity contribution in [3.8, 4) is 5.75 Å². The van der Waals surface area contributed by atoms with E-state index in [9.17, 15) is 5.11 Å². The van der Waals surface area contributed by atoms with Crippen LogP contribution in [0.3, 0.4) is 0 Å². The van der Waals surface area contributed by atoms with E-state index in [0.29, 0.717) is 5.56 Å². The number of rotatable bonds is 10. The summed E-state index contributed by atoms with van der Waals surface area (Å²) in [6, 6.07) is 37.6. The second-order valence-corrected chi connectivity index (χ2v) is 11.0. The Morgan fingerprint density at radius 3 is 1.55 bits per heavy atom. The maximum absolute atomic E-state index is 10.7. The Labute approximate surface area is 285 Å². The van der Waals surface area contributed by atoms with Gasteiger partial charge in [0.2, 0.25) is 0 Å². The molecule has 0 atom stereocenters.